The molecule has 9 nitrogen and oxygen atoms in total. The van der Waals surface area contributed by atoms with Gasteiger partial charge in [-0.15, -0.1) is 0 Å². The van der Waals surface area contributed by atoms with Gasteiger partial charge in [-0.2, -0.15) is 0 Å². The van der Waals surface area contributed by atoms with E-state index in [2.05, 4.69) is 5.32 Å². The number of benzene rings is 2. The van der Waals surface area contributed by atoms with Crippen molar-refractivity contribution in [2.75, 3.05) is 23.6 Å². The van der Waals surface area contributed by atoms with E-state index in [9.17, 15) is 19.7 Å². The highest BCUT2D eigenvalue weighted by molar-refractivity contribution is 6.03. The first kappa shape index (κ1) is 16.8. The van der Waals surface area contributed by atoms with E-state index in [1.807, 2.05) is 0 Å². The second-order valence-electron chi connectivity index (χ2n) is 6.24. The van der Waals surface area contributed by atoms with Gasteiger partial charge in [0.05, 0.1) is 10.8 Å². The molecule has 2 aliphatic heterocycles. The van der Waals surface area contributed by atoms with Gasteiger partial charge in [0.25, 0.3) is 5.69 Å². The number of hydrogen-bond donors (Lipinski definition) is 1. The number of hydrogen-bond acceptors (Lipinski definition) is 6. The molecular weight excluding hydrogens is 354 g/mol. The molecule has 9 heteroatoms. The maximum Gasteiger partial charge on any atom is 0.269 e. The van der Waals surface area contributed by atoms with Crippen molar-refractivity contribution < 1.29 is 24.0 Å². The van der Waals surface area contributed by atoms with E-state index < -0.39 is 10.8 Å². The maximum absolute atomic E-state index is 12.5. The maximum atomic E-state index is 12.5. The zero-order valence-corrected chi connectivity index (χ0v) is 14.1. The summed E-state index contributed by atoms with van der Waals surface area (Å²) in [6.45, 7) is 0.393. The lowest BCUT2D eigenvalue weighted by molar-refractivity contribution is -0.384. The third-order valence-corrected chi connectivity index (χ3v) is 4.51. The van der Waals surface area contributed by atoms with E-state index in [0.717, 1.165) is 0 Å². The van der Waals surface area contributed by atoms with Crippen LogP contribution in [0.3, 0.4) is 0 Å². The molecule has 2 aliphatic rings. The van der Waals surface area contributed by atoms with E-state index in [-0.39, 0.29) is 37.3 Å². The summed E-state index contributed by atoms with van der Waals surface area (Å²) in [6, 6.07) is 10.8. The van der Waals surface area contributed by atoms with Gasteiger partial charge in [0.1, 0.15) is 0 Å². The summed E-state index contributed by atoms with van der Waals surface area (Å²) in [7, 11) is 0. The predicted molar refractivity (Wildman–Crippen MR) is 94.8 cm³/mol. The number of anilines is 2. The van der Waals surface area contributed by atoms with Crippen LogP contribution >= 0.6 is 0 Å². The molecule has 1 saturated heterocycles. The second kappa shape index (κ2) is 6.60. The van der Waals surface area contributed by atoms with Crippen molar-refractivity contribution in [2.45, 2.75) is 6.42 Å². The first-order chi connectivity index (χ1) is 13.0. The van der Waals surface area contributed by atoms with Gasteiger partial charge in [-0.05, 0) is 24.3 Å². The van der Waals surface area contributed by atoms with Crippen molar-refractivity contribution in [3.05, 3.63) is 52.6 Å². The van der Waals surface area contributed by atoms with Crippen LogP contribution in [-0.4, -0.2) is 30.1 Å². The van der Waals surface area contributed by atoms with Crippen LogP contribution in [-0.2, 0) is 9.59 Å². The molecule has 4 rings (SSSR count). The van der Waals surface area contributed by atoms with E-state index in [1.54, 1.807) is 23.1 Å². The summed E-state index contributed by atoms with van der Waals surface area (Å²) in [5.41, 5.74) is 1.03. The van der Waals surface area contributed by atoms with Crippen molar-refractivity contribution in [3.63, 3.8) is 0 Å². The first-order valence-electron chi connectivity index (χ1n) is 8.26. The molecule has 2 aromatic rings. The second-order valence-corrected chi connectivity index (χ2v) is 6.24. The summed E-state index contributed by atoms with van der Waals surface area (Å²) < 4.78 is 10.6. The fourth-order valence-electron chi connectivity index (χ4n) is 3.10. The number of non-ortho nitro benzene ring substituents is 1. The first-order valence-corrected chi connectivity index (χ1v) is 8.26. The van der Waals surface area contributed by atoms with Crippen molar-refractivity contribution in [1.29, 1.82) is 0 Å². The van der Waals surface area contributed by atoms with E-state index in [4.69, 9.17) is 9.47 Å². The Kier molecular flexibility index (Phi) is 4.11. The summed E-state index contributed by atoms with van der Waals surface area (Å²) in [5, 5.41) is 13.4. The monoisotopic (exact) mass is 369 g/mol. The molecule has 1 N–H and O–H groups in total. The Hall–Kier alpha value is -3.62. The van der Waals surface area contributed by atoms with Crippen LogP contribution < -0.4 is 19.7 Å². The Morgan fingerprint density at radius 1 is 1.15 bits per heavy atom. The van der Waals surface area contributed by atoms with E-state index in [1.165, 1.54) is 24.3 Å². The SMILES string of the molecule is O=C(Nc1ccc([N+](=O)[O-])cc1)C1CC(=O)N(c2ccc3c(c2)OCO3)C1. The Morgan fingerprint density at radius 3 is 2.63 bits per heavy atom. The van der Waals surface area contributed by atoms with E-state index >= 15 is 0 Å². The number of fused-ring (bicyclic) bond motifs is 1. The number of ether oxygens (including phenoxy) is 2. The number of carbonyl (C=O) groups is 2. The molecule has 0 aliphatic carbocycles. The van der Waals surface area contributed by atoms with Crippen molar-refractivity contribution >= 4 is 28.9 Å². The smallest absolute Gasteiger partial charge is 0.269 e. The minimum absolute atomic E-state index is 0.0574. The van der Waals surface area contributed by atoms with Crippen molar-refractivity contribution in [3.8, 4) is 11.5 Å². The number of nitro benzene ring substituents is 1. The molecule has 2 heterocycles. The van der Waals surface area contributed by atoms with Crippen molar-refractivity contribution in [1.82, 2.24) is 0 Å². The quantitative estimate of drug-likeness (QED) is 0.654. The molecule has 0 aromatic heterocycles. The topological polar surface area (TPSA) is 111 Å². The van der Waals surface area contributed by atoms with Gasteiger partial charge in [-0.25, -0.2) is 0 Å². The molecule has 0 spiro atoms. The van der Waals surface area contributed by atoms with Gasteiger partial charge in [0.15, 0.2) is 11.5 Å². The van der Waals surface area contributed by atoms with Gasteiger partial charge in [0, 0.05) is 42.5 Å². The molecule has 1 unspecified atom stereocenters. The zero-order chi connectivity index (χ0) is 19.0. The van der Waals surface area contributed by atoms with Gasteiger partial charge < -0.3 is 19.7 Å². The van der Waals surface area contributed by atoms with Crippen LogP contribution in [0.15, 0.2) is 42.5 Å². The van der Waals surface area contributed by atoms with Crippen LogP contribution in [0.4, 0.5) is 17.1 Å². The lowest BCUT2D eigenvalue weighted by atomic mass is 10.1. The van der Waals surface area contributed by atoms with Crippen molar-refractivity contribution in [2.24, 2.45) is 5.92 Å². The lowest BCUT2D eigenvalue weighted by Gasteiger charge is -2.17. The molecule has 1 atom stereocenters. The molecule has 0 bridgehead atoms. The molecule has 1 fully saturated rings. The summed E-state index contributed by atoms with van der Waals surface area (Å²) in [4.78, 5) is 36.5. The average molecular weight is 369 g/mol. The molecule has 2 amide bonds. The third-order valence-electron chi connectivity index (χ3n) is 4.51. The van der Waals surface area contributed by atoms with Crippen LogP contribution in [0.25, 0.3) is 0 Å². The number of nitrogens with zero attached hydrogens (tertiary/aromatic N) is 2. The molecule has 2 aromatic carbocycles. The molecule has 138 valence electrons. The Balaban J connectivity index is 1.44. The normalized spacial score (nSPS) is 17.9. The zero-order valence-electron chi connectivity index (χ0n) is 14.1. The third kappa shape index (κ3) is 3.26. The van der Waals surface area contributed by atoms with Crippen LogP contribution in [0.1, 0.15) is 6.42 Å². The van der Waals surface area contributed by atoms with Gasteiger partial charge in [-0.1, -0.05) is 0 Å². The predicted octanol–water partition coefficient (Wildman–Crippen LogP) is 2.32. The summed E-state index contributed by atoms with van der Waals surface area (Å²) in [5.74, 6) is 0.216. The Bertz CT molecular complexity index is 927. The fourth-order valence-corrected chi connectivity index (χ4v) is 3.10. The minimum atomic E-state index is -0.516. The summed E-state index contributed by atoms with van der Waals surface area (Å²) in [6.07, 6.45) is 0.0905. The fraction of sp³-hybridized carbons (Fsp3) is 0.222. The van der Waals surface area contributed by atoms with Gasteiger partial charge in [0.2, 0.25) is 18.6 Å². The highest BCUT2D eigenvalue weighted by Gasteiger charge is 2.35. The largest absolute Gasteiger partial charge is 0.454 e. The summed E-state index contributed by atoms with van der Waals surface area (Å²) >= 11 is 0. The van der Waals surface area contributed by atoms with E-state index in [0.29, 0.717) is 22.9 Å². The number of carbonyl (C=O) groups excluding carboxylic acids is 2. The number of nitro groups is 1. The number of rotatable bonds is 4. The number of nitrogens with one attached hydrogen (secondary N) is 1. The Labute approximate surface area is 153 Å². The lowest BCUT2D eigenvalue weighted by Crippen LogP contribution is -2.28. The van der Waals surface area contributed by atoms with Crippen LogP contribution in [0.5, 0.6) is 11.5 Å². The van der Waals surface area contributed by atoms with Gasteiger partial charge >= 0.3 is 0 Å². The highest BCUT2D eigenvalue weighted by Crippen LogP contribution is 2.37. The number of amides is 2. The van der Waals surface area contributed by atoms with Crippen LogP contribution in [0, 0.1) is 16.0 Å². The molecule has 27 heavy (non-hydrogen) atoms. The molecular formula is C18H15N3O6. The van der Waals surface area contributed by atoms with Gasteiger partial charge in [-0.3, -0.25) is 19.7 Å². The standard InChI is InChI=1S/C18H15N3O6/c22-17-7-11(18(23)19-12-1-3-13(4-2-12)21(24)25)9-20(17)14-5-6-15-16(8-14)27-10-26-15/h1-6,8,11H,7,9-10H2,(H,19,23). The highest BCUT2D eigenvalue weighted by atomic mass is 16.7. The minimum Gasteiger partial charge on any atom is -0.454 e. The van der Waals surface area contributed by atoms with Crippen LogP contribution in [0.2, 0.25) is 0 Å². The average Bonchev–Trinajstić information content (AvgIpc) is 3.27. The Morgan fingerprint density at radius 2 is 1.89 bits per heavy atom. The molecule has 0 saturated carbocycles. The molecule has 0 radical (unpaired) electrons.